The molecule has 116 valence electrons. The normalized spacial score (nSPS) is 19.9. The van der Waals surface area contributed by atoms with Crippen molar-refractivity contribution < 1.29 is 0 Å². The molecular formula is C17H14ClIN4. The van der Waals surface area contributed by atoms with E-state index in [1.54, 1.807) is 6.33 Å². The topological polar surface area (TPSA) is 42.7 Å². The van der Waals surface area contributed by atoms with E-state index in [1.165, 1.54) is 9.13 Å². The van der Waals surface area contributed by atoms with Crippen LogP contribution in [0.25, 0.3) is 0 Å². The molecule has 3 aromatic rings. The van der Waals surface area contributed by atoms with Crippen LogP contribution in [0.3, 0.4) is 0 Å². The number of anilines is 1. The number of hydrogen-bond donors (Lipinski definition) is 1. The van der Waals surface area contributed by atoms with Gasteiger partial charge in [-0.05, 0) is 58.3 Å². The van der Waals surface area contributed by atoms with E-state index >= 15 is 0 Å². The standard InChI is InChI=1S/C17H14ClIN4/c18-14-4-2-1-3-13(14)16-9-15(11-5-7-12(19)8-6-11)22-17-20-10-21-23(16)17/h1-8,10,15-16H,9H2,(H,20,21,22)/t15-,16+/m0/s1. The van der Waals surface area contributed by atoms with Crippen LogP contribution in [0.5, 0.6) is 0 Å². The molecule has 0 aliphatic carbocycles. The summed E-state index contributed by atoms with van der Waals surface area (Å²) >= 11 is 8.74. The van der Waals surface area contributed by atoms with Gasteiger partial charge in [-0.3, -0.25) is 0 Å². The molecule has 0 amide bonds. The molecule has 0 saturated heterocycles. The first-order valence-electron chi connectivity index (χ1n) is 7.38. The van der Waals surface area contributed by atoms with Gasteiger partial charge in [0.1, 0.15) is 6.33 Å². The number of rotatable bonds is 2. The summed E-state index contributed by atoms with van der Waals surface area (Å²) in [7, 11) is 0. The zero-order chi connectivity index (χ0) is 15.8. The molecule has 1 aliphatic rings. The molecule has 6 heteroatoms. The van der Waals surface area contributed by atoms with E-state index in [4.69, 9.17) is 11.6 Å². The zero-order valence-corrected chi connectivity index (χ0v) is 15.1. The molecule has 0 spiro atoms. The van der Waals surface area contributed by atoms with Crippen LogP contribution in [0.4, 0.5) is 5.95 Å². The molecule has 0 fully saturated rings. The molecule has 4 nitrogen and oxygen atoms in total. The first-order valence-corrected chi connectivity index (χ1v) is 8.84. The summed E-state index contributed by atoms with van der Waals surface area (Å²) in [6, 6.07) is 16.8. The monoisotopic (exact) mass is 436 g/mol. The molecule has 2 heterocycles. The van der Waals surface area contributed by atoms with Crippen molar-refractivity contribution in [3.05, 3.63) is 74.6 Å². The van der Waals surface area contributed by atoms with Crippen molar-refractivity contribution in [3.8, 4) is 0 Å². The van der Waals surface area contributed by atoms with Gasteiger partial charge in [0, 0.05) is 8.59 Å². The van der Waals surface area contributed by atoms with Gasteiger partial charge in [-0.15, -0.1) is 0 Å². The Labute approximate surface area is 153 Å². The molecule has 0 saturated carbocycles. The van der Waals surface area contributed by atoms with Crippen LogP contribution in [0.2, 0.25) is 5.02 Å². The Morgan fingerprint density at radius 2 is 1.91 bits per heavy atom. The van der Waals surface area contributed by atoms with Crippen LogP contribution >= 0.6 is 34.2 Å². The largest absolute Gasteiger partial charge is 0.348 e. The van der Waals surface area contributed by atoms with E-state index < -0.39 is 0 Å². The van der Waals surface area contributed by atoms with Gasteiger partial charge in [0.2, 0.25) is 5.95 Å². The summed E-state index contributed by atoms with van der Waals surface area (Å²) in [4.78, 5) is 4.35. The third-order valence-corrected chi connectivity index (χ3v) is 5.23. The Balaban J connectivity index is 1.75. The zero-order valence-electron chi connectivity index (χ0n) is 12.2. The summed E-state index contributed by atoms with van der Waals surface area (Å²) in [6.07, 6.45) is 2.46. The van der Waals surface area contributed by atoms with Gasteiger partial charge >= 0.3 is 0 Å². The SMILES string of the molecule is Clc1ccccc1[C@H]1C[C@@H](c2ccc(I)cc2)Nc2ncnn21. The maximum atomic E-state index is 6.42. The van der Waals surface area contributed by atoms with E-state index in [2.05, 4.69) is 68.3 Å². The van der Waals surface area contributed by atoms with Gasteiger partial charge in [-0.2, -0.15) is 10.1 Å². The fourth-order valence-corrected chi connectivity index (χ4v) is 3.66. The summed E-state index contributed by atoms with van der Waals surface area (Å²) in [5.74, 6) is 0.782. The fraction of sp³-hybridized carbons (Fsp3) is 0.176. The molecule has 0 radical (unpaired) electrons. The molecular weight excluding hydrogens is 423 g/mol. The number of benzene rings is 2. The van der Waals surface area contributed by atoms with Gasteiger partial charge in [0.15, 0.2) is 0 Å². The molecule has 0 unspecified atom stereocenters. The lowest BCUT2D eigenvalue weighted by Gasteiger charge is -2.32. The number of nitrogens with one attached hydrogen (secondary N) is 1. The summed E-state index contributed by atoms with van der Waals surface area (Å²) in [6.45, 7) is 0. The van der Waals surface area contributed by atoms with Crippen molar-refractivity contribution >= 4 is 40.1 Å². The van der Waals surface area contributed by atoms with Gasteiger partial charge in [-0.1, -0.05) is 41.9 Å². The predicted molar refractivity (Wildman–Crippen MR) is 99.8 cm³/mol. The third kappa shape index (κ3) is 2.83. The van der Waals surface area contributed by atoms with E-state index in [0.29, 0.717) is 0 Å². The van der Waals surface area contributed by atoms with Crippen molar-refractivity contribution in [2.45, 2.75) is 18.5 Å². The van der Waals surface area contributed by atoms with Crippen LogP contribution < -0.4 is 5.32 Å². The van der Waals surface area contributed by atoms with E-state index in [1.807, 2.05) is 22.9 Å². The van der Waals surface area contributed by atoms with Crippen LogP contribution in [0.1, 0.15) is 29.6 Å². The lowest BCUT2D eigenvalue weighted by molar-refractivity contribution is 0.431. The Morgan fingerprint density at radius 3 is 2.70 bits per heavy atom. The molecule has 4 rings (SSSR count). The van der Waals surface area contributed by atoms with Crippen LogP contribution in [0, 0.1) is 3.57 Å². The minimum Gasteiger partial charge on any atom is -0.348 e. The molecule has 0 bridgehead atoms. The Bertz CT molecular complexity index is 831. The second kappa shape index (κ2) is 6.13. The molecule has 1 aliphatic heterocycles. The highest BCUT2D eigenvalue weighted by Crippen LogP contribution is 2.39. The Morgan fingerprint density at radius 1 is 1.13 bits per heavy atom. The van der Waals surface area contributed by atoms with Crippen LogP contribution in [-0.2, 0) is 0 Å². The van der Waals surface area contributed by atoms with E-state index in [-0.39, 0.29) is 12.1 Å². The van der Waals surface area contributed by atoms with Crippen molar-refractivity contribution in [1.82, 2.24) is 14.8 Å². The first kappa shape index (κ1) is 15.0. The number of fused-ring (bicyclic) bond motifs is 1. The fourth-order valence-electron chi connectivity index (χ4n) is 3.04. The van der Waals surface area contributed by atoms with E-state index in [0.717, 1.165) is 23.0 Å². The average molecular weight is 437 g/mol. The lowest BCUT2D eigenvalue weighted by Crippen LogP contribution is -2.28. The predicted octanol–water partition coefficient (Wildman–Crippen LogP) is 4.68. The highest BCUT2D eigenvalue weighted by molar-refractivity contribution is 14.1. The van der Waals surface area contributed by atoms with Gasteiger partial charge in [0.25, 0.3) is 0 Å². The quantitative estimate of drug-likeness (QED) is 0.593. The van der Waals surface area contributed by atoms with Crippen LogP contribution in [-0.4, -0.2) is 14.8 Å². The molecule has 23 heavy (non-hydrogen) atoms. The lowest BCUT2D eigenvalue weighted by atomic mass is 9.93. The maximum absolute atomic E-state index is 6.42. The minimum absolute atomic E-state index is 0.0757. The van der Waals surface area contributed by atoms with Crippen molar-refractivity contribution in [1.29, 1.82) is 0 Å². The summed E-state index contributed by atoms with van der Waals surface area (Å²) < 4.78 is 3.15. The number of hydrogen-bond acceptors (Lipinski definition) is 3. The third-order valence-electron chi connectivity index (χ3n) is 4.17. The minimum atomic E-state index is 0.0757. The molecule has 2 atom stereocenters. The Hall–Kier alpha value is -1.60. The highest BCUT2D eigenvalue weighted by atomic mass is 127. The molecule has 2 aromatic carbocycles. The van der Waals surface area contributed by atoms with Gasteiger partial charge in [0.05, 0.1) is 12.1 Å². The van der Waals surface area contributed by atoms with Gasteiger partial charge < -0.3 is 5.32 Å². The Kier molecular flexibility index (Phi) is 3.98. The van der Waals surface area contributed by atoms with E-state index in [9.17, 15) is 0 Å². The maximum Gasteiger partial charge on any atom is 0.222 e. The van der Waals surface area contributed by atoms with Gasteiger partial charge in [-0.25, -0.2) is 4.68 Å². The number of aromatic nitrogens is 3. The second-order valence-corrected chi connectivity index (χ2v) is 7.20. The molecule has 1 N–H and O–H groups in total. The van der Waals surface area contributed by atoms with Crippen molar-refractivity contribution in [2.24, 2.45) is 0 Å². The average Bonchev–Trinajstić information content (AvgIpc) is 3.04. The number of nitrogens with zero attached hydrogens (tertiary/aromatic N) is 3. The first-order chi connectivity index (χ1) is 11.2. The van der Waals surface area contributed by atoms with Crippen molar-refractivity contribution in [3.63, 3.8) is 0 Å². The number of halogens is 2. The van der Waals surface area contributed by atoms with Crippen LogP contribution in [0.15, 0.2) is 54.9 Å². The molecule has 1 aromatic heterocycles. The highest BCUT2D eigenvalue weighted by Gasteiger charge is 2.30. The summed E-state index contributed by atoms with van der Waals surface area (Å²) in [5.41, 5.74) is 2.33. The summed E-state index contributed by atoms with van der Waals surface area (Å²) in [5, 5.41) is 8.62. The smallest absolute Gasteiger partial charge is 0.222 e. The second-order valence-electron chi connectivity index (χ2n) is 5.55. The van der Waals surface area contributed by atoms with Crippen molar-refractivity contribution in [2.75, 3.05) is 5.32 Å².